The second-order valence-electron chi connectivity index (χ2n) is 4.01. The monoisotopic (exact) mass is 259 g/mol. The number of benzene rings is 1. The molecule has 0 aliphatic heterocycles. The zero-order valence-electron chi connectivity index (χ0n) is 10.6. The first-order chi connectivity index (χ1) is 9.11. The number of nitrogens with one attached hydrogen (secondary N) is 1. The van der Waals surface area contributed by atoms with Crippen molar-refractivity contribution < 1.29 is 14.7 Å². The molecule has 0 heterocycles. The fraction of sp³-hybridized carbons (Fsp3) is 0.200. The summed E-state index contributed by atoms with van der Waals surface area (Å²) in [7, 11) is 0. The van der Waals surface area contributed by atoms with Gasteiger partial charge in [-0.2, -0.15) is 0 Å². The van der Waals surface area contributed by atoms with E-state index >= 15 is 0 Å². The number of amides is 1. The van der Waals surface area contributed by atoms with E-state index in [1.165, 1.54) is 0 Å². The van der Waals surface area contributed by atoms with Crippen LogP contribution in [0.2, 0.25) is 0 Å². The minimum Gasteiger partial charge on any atom is -0.481 e. The average Bonchev–Trinajstić information content (AvgIpc) is 2.38. The van der Waals surface area contributed by atoms with Crippen molar-refractivity contribution in [2.24, 2.45) is 0 Å². The number of aliphatic carboxylic acids is 1. The number of carboxylic acids is 1. The lowest BCUT2D eigenvalue weighted by Gasteiger charge is -2.05. The van der Waals surface area contributed by atoms with E-state index in [9.17, 15) is 9.59 Å². The second kappa shape index (κ2) is 7.87. The Balaban J connectivity index is 2.49. The predicted molar refractivity (Wildman–Crippen MR) is 74.8 cm³/mol. The van der Waals surface area contributed by atoms with Crippen molar-refractivity contribution >= 4 is 17.6 Å². The Labute approximate surface area is 112 Å². The summed E-state index contributed by atoms with van der Waals surface area (Å²) in [6.45, 7) is 3.62. The summed E-state index contributed by atoms with van der Waals surface area (Å²) in [5, 5.41) is 11.3. The topological polar surface area (TPSA) is 66.4 Å². The molecule has 0 fully saturated rings. The molecule has 1 amide bonds. The van der Waals surface area contributed by atoms with Gasteiger partial charge in [-0.25, -0.2) is 0 Å². The maximum absolute atomic E-state index is 11.8. The van der Waals surface area contributed by atoms with Crippen LogP contribution in [-0.4, -0.2) is 17.0 Å². The third-order valence-corrected chi connectivity index (χ3v) is 2.45. The quantitative estimate of drug-likeness (QED) is 0.740. The van der Waals surface area contributed by atoms with Crippen LogP contribution in [0.15, 0.2) is 54.6 Å². The van der Waals surface area contributed by atoms with Crippen molar-refractivity contribution in [1.82, 2.24) is 0 Å². The molecule has 0 saturated carbocycles. The second-order valence-corrected chi connectivity index (χ2v) is 4.01. The summed E-state index contributed by atoms with van der Waals surface area (Å²) in [4.78, 5) is 22.2. The highest BCUT2D eigenvalue weighted by molar-refractivity contribution is 5.92. The number of para-hydroxylation sites is 1. The van der Waals surface area contributed by atoms with Crippen LogP contribution in [0.4, 0.5) is 5.69 Å². The van der Waals surface area contributed by atoms with Gasteiger partial charge < -0.3 is 10.4 Å². The highest BCUT2D eigenvalue weighted by Crippen LogP contribution is 2.10. The molecule has 1 aromatic rings. The molecule has 0 radical (unpaired) electrons. The Morgan fingerprint density at radius 1 is 1.26 bits per heavy atom. The maximum Gasteiger partial charge on any atom is 0.303 e. The van der Waals surface area contributed by atoms with Crippen LogP contribution in [0.5, 0.6) is 0 Å². The van der Waals surface area contributed by atoms with Crippen molar-refractivity contribution in [2.45, 2.75) is 19.3 Å². The molecule has 4 heteroatoms. The van der Waals surface area contributed by atoms with E-state index in [-0.39, 0.29) is 18.7 Å². The first-order valence-electron chi connectivity index (χ1n) is 6.00. The molecule has 0 aromatic heterocycles. The molecule has 0 aliphatic carbocycles. The molecule has 0 unspecified atom stereocenters. The summed E-state index contributed by atoms with van der Waals surface area (Å²) >= 11 is 0. The van der Waals surface area contributed by atoms with Crippen LogP contribution >= 0.6 is 0 Å². The molecule has 0 bridgehead atoms. The molecule has 1 aromatic carbocycles. The highest BCUT2D eigenvalue weighted by Gasteiger charge is 2.04. The number of carbonyl (C=O) groups is 2. The van der Waals surface area contributed by atoms with E-state index in [0.29, 0.717) is 6.42 Å². The lowest BCUT2D eigenvalue weighted by molar-refractivity contribution is -0.136. The van der Waals surface area contributed by atoms with Crippen molar-refractivity contribution in [1.29, 1.82) is 0 Å². The largest absolute Gasteiger partial charge is 0.481 e. The minimum absolute atomic E-state index is 0.0532. The van der Waals surface area contributed by atoms with E-state index < -0.39 is 5.97 Å². The van der Waals surface area contributed by atoms with Crippen LogP contribution < -0.4 is 5.32 Å². The Hall–Kier alpha value is -2.36. The van der Waals surface area contributed by atoms with Crippen molar-refractivity contribution in [3.05, 3.63) is 54.6 Å². The predicted octanol–water partition coefficient (Wildman–Crippen LogP) is 2.99. The molecular formula is C15H17NO3. The zero-order chi connectivity index (χ0) is 14.1. The fourth-order valence-corrected chi connectivity index (χ4v) is 1.52. The van der Waals surface area contributed by atoms with Gasteiger partial charge in [0.25, 0.3) is 0 Å². The zero-order valence-corrected chi connectivity index (χ0v) is 10.6. The van der Waals surface area contributed by atoms with Gasteiger partial charge in [0.05, 0.1) is 6.42 Å². The molecule has 0 saturated heterocycles. The molecule has 0 aliphatic rings. The van der Waals surface area contributed by atoms with Gasteiger partial charge >= 0.3 is 5.97 Å². The standard InChI is InChI=1S/C15H17NO3/c1-2-12(7-6-10-15(18)19)11-14(17)16-13-8-4-3-5-9-13/h2-5,7-9H,1,6,10-11H2,(H,16,17)(H,18,19). The van der Waals surface area contributed by atoms with Gasteiger partial charge in [-0.15, -0.1) is 0 Å². The number of rotatable bonds is 7. The van der Waals surface area contributed by atoms with Crippen molar-refractivity contribution in [2.75, 3.05) is 5.32 Å². The van der Waals surface area contributed by atoms with Gasteiger partial charge in [0.15, 0.2) is 0 Å². The van der Waals surface area contributed by atoms with E-state index in [0.717, 1.165) is 11.3 Å². The number of anilines is 1. The minimum atomic E-state index is -0.853. The summed E-state index contributed by atoms with van der Waals surface area (Å²) in [6, 6.07) is 9.16. The van der Waals surface area contributed by atoms with Crippen LogP contribution in [-0.2, 0) is 9.59 Å². The summed E-state index contributed by atoms with van der Waals surface area (Å²) < 4.78 is 0. The number of hydrogen-bond donors (Lipinski definition) is 2. The average molecular weight is 259 g/mol. The lowest BCUT2D eigenvalue weighted by atomic mass is 10.1. The molecule has 0 spiro atoms. The third-order valence-electron chi connectivity index (χ3n) is 2.45. The molecule has 1 rings (SSSR count). The lowest BCUT2D eigenvalue weighted by Crippen LogP contribution is -2.11. The van der Waals surface area contributed by atoms with Crippen LogP contribution in [0.3, 0.4) is 0 Å². The SMILES string of the molecule is C=CC(=CCCC(=O)O)CC(=O)Nc1ccccc1. The van der Waals surface area contributed by atoms with Crippen LogP contribution in [0, 0.1) is 0 Å². The Morgan fingerprint density at radius 3 is 2.53 bits per heavy atom. The molecular weight excluding hydrogens is 242 g/mol. The molecule has 4 nitrogen and oxygen atoms in total. The summed E-state index contributed by atoms with van der Waals surface area (Å²) in [5.41, 5.74) is 1.47. The van der Waals surface area contributed by atoms with Crippen LogP contribution in [0.1, 0.15) is 19.3 Å². The van der Waals surface area contributed by atoms with Gasteiger partial charge in [-0.05, 0) is 24.1 Å². The first-order valence-corrected chi connectivity index (χ1v) is 6.00. The van der Waals surface area contributed by atoms with Gasteiger partial charge in [-0.1, -0.05) is 36.9 Å². The number of allylic oxidation sites excluding steroid dienone is 2. The van der Waals surface area contributed by atoms with E-state index in [1.54, 1.807) is 24.3 Å². The van der Waals surface area contributed by atoms with Gasteiger partial charge in [0, 0.05) is 12.1 Å². The van der Waals surface area contributed by atoms with Crippen molar-refractivity contribution in [3.63, 3.8) is 0 Å². The summed E-state index contributed by atoms with van der Waals surface area (Å²) in [5.74, 6) is -0.999. The van der Waals surface area contributed by atoms with E-state index in [2.05, 4.69) is 11.9 Å². The maximum atomic E-state index is 11.8. The van der Waals surface area contributed by atoms with Gasteiger partial charge in [0.2, 0.25) is 5.91 Å². The molecule has 19 heavy (non-hydrogen) atoms. The Morgan fingerprint density at radius 2 is 1.95 bits per heavy atom. The molecule has 2 N–H and O–H groups in total. The summed E-state index contributed by atoms with van der Waals surface area (Å²) in [6.07, 6.45) is 3.95. The molecule has 0 atom stereocenters. The fourth-order valence-electron chi connectivity index (χ4n) is 1.52. The number of carbonyl (C=O) groups excluding carboxylic acids is 1. The number of carboxylic acid groups (broad SMARTS) is 1. The highest BCUT2D eigenvalue weighted by atomic mass is 16.4. The van der Waals surface area contributed by atoms with Gasteiger partial charge in [0.1, 0.15) is 0 Å². The normalized spacial score (nSPS) is 10.8. The van der Waals surface area contributed by atoms with Crippen LogP contribution in [0.25, 0.3) is 0 Å². The Bertz CT molecular complexity index is 477. The smallest absolute Gasteiger partial charge is 0.303 e. The van der Waals surface area contributed by atoms with Gasteiger partial charge in [-0.3, -0.25) is 9.59 Å². The third kappa shape index (κ3) is 6.21. The van der Waals surface area contributed by atoms with Crippen molar-refractivity contribution in [3.8, 4) is 0 Å². The number of hydrogen-bond acceptors (Lipinski definition) is 2. The van der Waals surface area contributed by atoms with E-state index in [4.69, 9.17) is 5.11 Å². The Kier molecular flexibility index (Phi) is 6.09. The van der Waals surface area contributed by atoms with E-state index in [1.807, 2.05) is 18.2 Å². The molecule has 100 valence electrons. The first kappa shape index (κ1) is 14.7.